The van der Waals surface area contributed by atoms with Crippen molar-refractivity contribution in [2.75, 3.05) is 52.3 Å². The van der Waals surface area contributed by atoms with Crippen molar-refractivity contribution in [1.82, 2.24) is 0 Å². The molecule has 0 aliphatic heterocycles. The summed E-state index contributed by atoms with van der Waals surface area (Å²) in [4.78, 5) is 0. The summed E-state index contributed by atoms with van der Waals surface area (Å²) in [6.45, 7) is 0. The molecule has 256 valence electrons. The zero-order valence-corrected chi connectivity index (χ0v) is 31.5. The summed E-state index contributed by atoms with van der Waals surface area (Å²) in [6.07, 6.45) is 0.522. The van der Waals surface area contributed by atoms with Crippen LogP contribution in [0.3, 0.4) is 0 Å². The Morgan fingerprint density at radius 3 is 0.872 bits per heavy atom. The van der Waals surface area contributed by atoms with E-state index in [0.29, 0.717) is 23.0 Å². The Bertz CT molecular complexity index is 1560. The van der Waals surface area contributed by atoms with Gasteiger partial charge in [-0.1, -0.05) is 48.5 Å². The van der Waals surface area contributed by atoms with Crippen LogP contribution in [0.5, 0.6) is 23.0 Å². The third-order valence-electron chi connectivity index (χ3n) is 6.93. The van der Waals surface area contributed by atoms with E-state index >= 15 is 0 Å². The molecule has 4 aromatic carbocycles. The van der Waals surface area contributed by atoms with Crippen molar-refractivity contribution >= 4 is 57.3 Å². The van der Waals surface area contributed by atoms with Crippen molar-refractivity contribution in [3.63, 3.8) is 0 Å². The number of para-hydroxylation sites is 4. The first-order valence-electron chi connectivity index (χ1n) is 14.0. The first-order valence-corrected chi connectivity index (χ1v) is 20.6. The van der Waals surface area contributed by atoms with Crippen LogP contribution in [-0.4, -0.2) is 78.2 Å². The summed E-state index contributed by atoms with van der Waals surface area (Å²) in [5.74, 6) is 1.95. The van der Waals surface area contributed by atoms with Gasteiger partial charge in [-0.25, -0.2) is 16.8 Å². The molecule has 10 nitrogen and oxygen atoms in total. The summed E-state index contributed by atoms with van der Waals surface area (Å²) in [5, 5.41) is 3.70. The van der Waals surface area contributed by atoms with Crippen molar-refractivity contribution in [1.29, 1.82) is 0 Å². The van der Waals surface area contributed by atoms with Gasteiger partial charge in [0.2, 0.25) is 0 Å². The maximum atomic E-state index is 11.1. The molecule has 15 heteroatoms. The summed E-state index contributed by atoms with van der Waals surface area (Å²) in [7, 11) is -5.35. The van der Waals surface area contributed by atoms with E-state index in [1.54, 1.807) is 28.4 Å². The van der Waals surface area contributed by atoms with E-state index in [0.717, 1.165) is 21.2 Å². The Labute approximate surface area is 293 Å². The molecule has 4 aromatic rings. The van der Waals surface area contributed by atoms with Gasteiger partial charge < -0.3 is 28.1 Å². The molecule has 0 fully saturated rings. The fraction of sp³-hybridized carbons (Fsp3) is 0.250. The molecule has 0 saturated heterocycles. The molecule has 4 rings (SSSR count). The second-order valence-electron chi connectivity index (χ2n) is 9.78. The van der Waals surface area contributed by atoms with Crippen molar-refractivity contribution in [3.05, 3.63) is 97.1 Å². The van der Waals surface area contributed by atoms with Crippen LogP contribution in [0, 0.1) is 0 Å². The zero-order chi connectivity index (χ0) is 33.7. The van der Waals surface area contributed by atoms with Crippen LogP contribution < -0.4 is 40.2 Å². The SMILES string of the molecule is COc1ccccc1[PH+](CCS(=O)(=O)[O-])c1ccccc1OC.COc1ccccc1[PH+](CCS(=O)(=O)[O-])c1ccccc1OC.[Pd+2]. The van der Waals surface area contributed by atoms with Crippen molar-refractivity contribution < 1.29 is 65.3 Å². The third-order valence-corrected chi connectivity index (χ3v) is 14.8. The van der Waals surface area contributed by atoms with E-state index in [1.165, 1.54) is 0 Å². The molecule has 47 heavy (non-hydrogen) atoms. The van der Waals surface area contributed by atoms with Crippen LogP contribution in [0.2, 0.25) is 0 Å². The van der Waals surface area contributed by atoms with Crippen LogP contribution in [0.15, 0.2) is 97.1 Å². The van der Waals surface area contributed by atoms with Gasteiger partial charge in [-0.15, -0.1) is 0 Å². The van der Waals surface area contributed by atoms with E-state index in [2.05, 4.69) is 0 Å². The Kier molecular flexibility index (Phi) is 16.8. The summed E-state index contributed by atoms with van der Waals surface area (Å²) in [5.41, 5.74) is 0. The van der Waals surface area contributed by atoms with E-state index in [9.17, 15) is 25.9 Å². The molecule has 0 heterocycles. The molecule has 0 aliphatic carbocycles. The molecule has 0 radical (unpaired) electrons. The second-order valence-corrected chi connectivity index (χ2v) is 17.9. The number of rotatable bonds is 14. The minimum atomic E-state index is -4.28. The molecule has 0 atom stereocenters. The van der Waals surface area contributed by atoms with Gasteiger partial charge in [0.15, 0.2) is 23.0 Å². The Hall–Kier alpha value is -2.58. The number of methoxy groups -OCH3 is 4. The van der Waals surface area contributed by atoms with E-state index in [-0.39, 0.29) is 32.7 Å². The molecule has 0 saturated carbocycles. The molecular weight excluding hydrogens is 777 g/mol. The first-order chi connectivity index (χ1) is 21.9. The minimum Gasteiger partial charge on any atom is -0.748 e. The van der Waals surface area contributed by atoms with Gasteiger partial charge in [0, 0.05) is 0 Å². The van der Waals surface area contributed by atoms with Crippen LogP contribution in [0.25, 0.3) is 0 Å². The molecule has 0 amide bonds. The molecule has 0 aromatic heterocycles. The van der Waals surface area contributed by atoms with Crippen molar-refractivity contribution in [2.24, 2.45) is 0 Å². The predicted octanol–water partition coefficient (Wildman–Crippen LogP) is 2.83. The second kappa shape index (κ2) is 19.4. The quantitative estimate of drug-likeness (QED) is 0.106. The average Bonchev–Trinajstić information content (AvgIpc) is 3.05. The van der Waals surface area contributed by atoms with Gasteiger partial charge in [0.1, 0.15) is 21.2 Å². The van der Waals surface area contributed by atoms with Gasteiger partial charge in [-0.2, -0.15) is 0 Å². The fourth-order valence-electron chi connectivity index (χ4n) is 4.86. The normalized spacial score (nSPS) is 11.2. The topological polar surface area (TPSA) is 151 Å². The number of hydrogen-bond donors (Lipinski definition) is 0. The molecule has 0 spiro atoms. The van der Waals surface area contributed by atoms with Crippen LogP contribution in [0.4, 0.5) is 0 Å². The predicted molar refractivity (Wildman–Crippen MR) is 186 cm³/mol. The van der Waals surface area contributed by atoms with Crippen LogP contribution in [0.1, 0.15) is 0 Å². The standard InChI is InChI=1S/2C16H19O5PS.Pd/c2*1-20-13-7-3-5-9-15(13)22(11-12-23(17,18)19)16-10-6-4-8-14(16)21-2;/h2*3-10H,11-12H2,1-2H3,(H,17,18,19);/q;;+2. The third kappa shape index (κ3) is 12.4. The molecular formula is C32H38O10P2PdS2+2. The summed E-state index contributed by atoms with van der Waals surface area (Å²) >= 11 is 0. The molecule has 0 unspecified atom stereocenters. The van der Waals surface area contributed by atoms with Gasteiger partial charge in [-0.3, -0.25) is 0 Å². The van der Waals surface area contributed by atoms with Crippen LogP contribution >= 0.6 is 15.8 Å². The van der Waals surface area contributed by atoms with Gasteiger partial charge in [0.25, 0.3) is 0 Å². The average molecular weight is 815 g/mol. The Morgan fingerprint density at radius 2 is 0.681 bits per heavy atom. The van der Waals surface area contributed by atoms with E-state index in [1.807, 2.05) is 97.1 Å². The van der Waals surface area contributed by atoms with Crippen molar-refractivity contribution in [3.8, 4) is 23.0 Å². The number of hydrogen-bond acceptors (Lipinski definition) is 10. The van der Waals surface area contributed by atoms with E-state index in [4.69, 9.17) is 18.9 Å². The van der Waals surface area contributed by atoms with Crippen molar-refractivity contribution in [2.45, 2.75) is 0 Å². The Balaban J connectivity index is 0.000000320. The fourth-order valence-corrected chi connectivity index (χ4v) is 13.3. The van der Waals surface area contributed by atoms with Gasteiger partial charge >= 0.3 is 20.4 Å². The minimum absolute atomic E-state index is 0. The van der Waals surface area contributed by atoms with Gasteiger partial charge in [0.05, 0.1) is 88.3 Å². The van der Waals surface area contributed by atoms with Gasteiger partial charge in [-0.05, 0) is 48.5 Å². The maximum Gasteiger partial charge on any atom is 2.00 e. The smallest absolute Gasteiger partial charge is 0.748 e. The molecule has 0 bridgehead atoms. The number of benzene rings is 4. The largest absolute Gasteiger partial charge is 2.00 e. The number of ether oxygens (including phenoxy) is 4. The van der Waals surface area contributed by atoms with Crippen LogP contribution in [-0.2, 0) is 40.7 Å². The maximum absolute atomic E-state index is 11.1. The van der Waals surface area contributed by atoms with E-state index < -0.39 is 47.6 Å². The first kappa shape index (κ1) is 40.6. The summed E-state index contributed by atoms with van der Waals surface area (Å²) in [6, 6.07) is 29.9. The Morgan fingerprint density at radius 1 is 0.468 bits per heavy atom. The summed E-state index contributed by atoms with van der Waals surface area (Å²) < 4.78 is 88.3. The zero-order valence-electron chi connectivity index (χ0n) is 26.3. The monoisotopic (exact) mass is 814 g/mol. The molecule has 0 aliphatic rings. The molecule has 0 N–H and O–H groups in total.